The van der Waals surface area contributed by atoms with E-state index in [0.29, 0.717) is 11.6 Å². The molecule has 0 unspecified atom stereocenters. The van der Waals surface area contributed by atoms with Crippen LogP contribution >= 0.6 is 0 Å². The topological polar surface area (TPSA) is 93.5 Å². The molecule has 0 saturated carbocycles. The molecule has 1 rings (SSSR count). The lowest BCUT2D eigenvalue weighted by Gasteiger charge is -2.39. The van der Waals surface area contributed by atoms with E-state index in [1.54, 1.807) is 40.7 Å². The number of urea groups is 1. The van der Waals surface area contributed by atoms with Gasteiger partial charge in [-0.3, -0.25) is 10.1 Å². The summed E-state index contributed by atoms with van der Waals surface area (Å²) in [5.41, 5.74) is -1.71. The first kappa shape index (κ1) is 16.0. The van der Waals surface area contributed by atoms with Crippen LogP contribution in [0, 0.1) is 12.3 Å². The molecular formula is C13H21N3O4. The number of ether oxygens (including phenoxy) is 1. The number of carbonyl (C=O) groups is 2. The molecule has 0 aliphatic rings. The first-order valence-corrected chi connectivity index (χ1v) is 6.21. The molecule has 1 aromatic heterocycles. The fourth-order valence-corrected chi connectivity index (χ4v) is 1.52. The van der Waals surface area contributed by atoms with Crippen LogP contribution in [0.2, 0.25) is 0 Å². The fraction of sp³-hybridized carbons (Fsp3) is 0.615. The number of methoxy groups -OCH3 is 1. The molecule has 0 atom stereocenters. The first-order valence-electron chi connectivity index (χ1n) is 6.21. The van der Waals surface area contributed by atoms with E-state index in [2.05, 4.69) is 15.8 Å². The molecule has 1 aromatic rings. The second-order valence-electron chi connectivity index (χ2n) is 5.64. The van der Waals surface area contributed by atoms with Crippen molar-refractivity contribution in [2.45, 2.75) is 40.2 Å². The highest BCUT2D eigenvalue weighted by Crippen LogP contribution is 2.31. The lowest BCUT2D eigenvalue weighted by Crippen LogP contribution is -2.58. The third-order valence-electron chi connectivity index (χ3n) is 3.55. The van der Waals surface area contributed by atoms with Crippen LogP contribution in [0.15, 0.2) is 10.6 Å². The van der Waals surface area contributed by atoms with Gasteiger partial charge in [0.1, 0.15) is 5.76 Å². The van der Waals surface area contributed by atoms with Crippen molar-refractivity contribution in [3.05, 3.63) is 11.8 Å². The third-order valence-corrected chi connectivity index (χ3v) is 3.55. The largest absolute Gasteiger partial charge is 0.469 e. The maximum atomic E-state index is 11.9. The van der Waals surface area contributed by atoms with E-state index in [9.17, 15) is 9.59 Å². The standard InChI is InChI=1S/C13H21N3O4/c1-8-7-9(16-20-8)14-11(18)15-13(4,5)12(2,3)10(17)19-6/h7H,1-6H3,(H2,14,15,16,18). The Balaban J connectivity index is 2.75. The molecule has 0 aliphatic heterocycles. The highest BCUT2D eigenvalue weighted by molar-refractivity contribution is 5.89. The van der Waals surface area contributed by atoms with Gasteiger partial charge in [0.05, 0.1) is 18.1 Å². The van der Waals surface area contributed by atoms with Crippen LogP contribution in [0.5, 0.6) is 0 Å². The summed E-state index contributed by atoms with van der Waals surface area (Å²) in [5.74, 6) is 0.501. The molecule has 2 amide bonds. The van der Waals surface area contributed by atoms with Gasteiger partial charge in [-0.1, -0.05) is 5.16 Å². The summed E-state index contributed by atoms with van der Waals surface area (Å²) in [4.78, 5) is 23.7. The van der Waals surface area contributed by atoms with E-state index in [-0.39, 0.29) is 0 Å². The van der Waals surface area contributed by atoms with Crippen molar-refractivity contribution in [3.63, 3.8) is 0 Å². The van der Waals surface area contributed by atoms with Crippen LogP contribution in [-0.2, 0) is 9.53 Å². The molecule has 7 heteroatoms. The molecule has 0 bridgehead atoms. The number of aromatic nitrogens is 1. The second-order valence-corrected chi connectivity index (χ2v) is 5.64. The quantitative estimate of drug-likeness (QED) is 0.825. The van der Waals surface area contributed by atoms with E-state index in [1.807, 2.05) is 0 Å². The SMILES string of the molecule is COC(=O)C(C)(C)C(C)(C)NC(=O)Nc1cc(C)on1. The van der Waals surface area contributed by atoms with Crippen LogP contribution in [0.4, 0.5) is 10.6 Å². The van der Waals surface area contributed by atoms with Gasteiger partial charge in [0.15, 0.2) is 5.82 Å². The number of hydrogen-bond acceptors (Lipinski definition) is 5. The molecular weight excluding hydrogens is 262 g/mol. The zero-order chi connectivity index (χ0) is 15.6. The summed E-state index contributed by atoms with van der Waals surface area (Å²) >= 11 is 0. The first-order chi connectivity index (χ1) is 9.10. The highest BCUT2D eigenvalue weighted by atomic mass is 16.5. The van der Waals surface area contributed by atoms with Gasteiger partial charge in [-0.2, -0.15) is 0 Å². The average Bonchev–Trinajstić information content (AvgIpc) is 2.72. The van der Waals surface area contributed by atoms with Crippen molar-refractivity contribution in [2.75, 3.05) is 12.4 Å². The summed E-state index contributed by atoms with van der Waals surface area (Å²) in [6.07, 6.45) is 0. The third kappa shape index (κ3) is 3.28. The Morgan fingerprint density at radius 2 is 1.90 bits per heavy atom. The number of nitrogens with zero attached hydrogens (tertiary/aromatic N) is 1. The van der Waals surface area contributed by atoms with E-state index >= 15 is 0 Å². The maximum absolute atomic E-state index is 11.9. The average molecular weight is 283 g/mol. The molecule has 20 heavy (non-hydrogen) atoms. The maximum Gasteiger partial charge on any atom is 0.320 e. The zero-order valence-electron chi connectivity index (χ0n) is 12.7. The summed E-state index contributed by atoms with van der Waals surface area (Å²) in [6.45, 7) is 8.63. The smallest absolute Gasteiger partial charge is 0.320 e. The Bertz CT molecular complexity index is 505. The molecule has 0 fully saturated rings. The van der Waals surface area contributed by atoms with Crippen molar-refractivity contribution in [2.24, 2.45) is 5.41 Å². The van der Waals surface area contributed by atoms with Crippen molar-refractivity contribution in [3.8, 4) is 0 Å². The Hall–Kier alpha value is -2.05. The van der Waals surface area contributed by atoms with E-state index < -0.39 is 23.0 Å². The summed E-state index contributed by atoms with van der Waals surface area (Å²) in [6, 6.07) is 1.12. The minimum Gasteiger partial charge on any atom is -0.469 e. The zero-order valence-corrected chi connectivity index (χ0v) is 12.7. The lowest BCUT2D eigenvalue weighted by molar-refractivity contribution is -0.154. The van der Waals surface area contributed by atoms with Gasteiger partial charge in [-0.05, 0) is 34.6 Å². The normalized spacial score (nSPS) is 11.9. The predicted molar refractivity (Wildman–Crippen MR) is 73.3 cm³/mol. The Labute approximate surface area is 118 Å². The number of anilines is 1. The van der Waals surface area contributed by atoms with Gasteiger partial charge in [0.25, 0.3) is 0 Å². The summed E-state index contributed by atoms with van der Waals surface area (Å²) in [5, 5.41) is 8.94. The lowest BCUT2D eigenvalue weighted by atomic mass is 9.74. The van der Waals surface area contributed by atoms with Gasteiger partial charge in [0, 0.05) is 6.07 Å². The molecule has 0 saturated heterocycles. The number of carbonyl (C=O) groups excluding carboxylic acids is 2. The molecule has 112 valence electrons. The number of amides is 2. The van der Waals surface area contributed by atoms with Gasteiger partial charge < -0.3 is 14.6 Å². The van der Waals surface area contributed by atoms with Crippen LogP contribution in [0.3, 0.4) is 0 Å². The minimum atomic E-state index is -0.890. The monoisotopic (exact) mass is 283 g/mol. The van der Waals surface area contributed by atoms with Gasteiger partial charge in [-0.15, -0.1) is 0 Å². The van der Waals surface area contributed by atoms with Crippen LogP contribution in [0.25, 0.3) is 0 Å². The number of nitrogens with one attached hydrogen (secondary N) is 2. The van der Waals surface area contributed by atoms with E-state index in [4.69, 9.17) is 9.26 Å². The summed E-state index contributed by atoms with van der Waals surface area (Å²) < 4.78 is 9.62. The minimum absolute atomic E-state index is 0.312. The highest BCUT2D eigenvalue weighted by Gasteiger charge is 2.45. The Kier molecular flexibility index (Phi) is 4.42. The molecule has 0 aliphatic carbocycles. The number of esters is 1. The molecule has 0 aromatic carbocycles. The van der Waals surface area contributed by atoms with Crippen LogP contribution in [-0.4, -0.2) is 29.8 Å². The van der Waals surface area contributed by atoms with Gasteiger partial charge >= 0.3 is 12.0 Å². The summed E-state index contributed by atoms with van der Waals surface area (Å²) in [7, 11) is 1.32. The van der Waals surface area contributed by atoms with E-state index in [0.717, 1.165) is 0 Å². The predicted octanol–water partition coefficient (Wildman–Crippen LogP) is 2.08. The second kappa shape index (κ2) is 5.52. The van der Waals surface area contributed by atoms with Gasteiger partial charge in [0.2, 0.25) is 0 Å². The Morgan fingerprint density at radius 3 is 2.35 bits per heavy atom. The molecule has 0 spiro atoms. The fourth-order valence-electron chi connectivity index (χ4n) is 1.52. The molecule has 1 heterocycles. The number of rotatable bonds is 4. The van der Waals surface area contributed by atoms with Crippen molar-refractivity contribution in [1.82, 2.24) is 10.5 Å². The number of hydrogen-bond donors (Lipinski definition) is 2. The van der Waals surface area contributed by atoms with Crippen molar-refractivity contribution < 1.29 is 18.8 Å². The molecule has 7 nitrogen and oxygen atoms in total. The van der Waals surface area contributed by atoms with E-state index in [1.165, 1.54) is 7.11 Å². The van der Waals surface area contributed by atoms with Crippen molar-refractivity contribution in [1.29, 1.82) is 0 Å². The van der Waals surface area contributed by atoms with Gasteiger partial charge in [-0.25, -0.2) is 4.79 Å². The number of aryl methyl sites for hydroxylation is 1. The van der Waals surface area contributed by atoms with Crippen LogP contribution < -0.4 is 10.6 Å². The molecule has 0 radical (unpaired) electrons. The van der Waals surface area contributed by atoms with Crippen molar-refractivity contribution >= 4 is 17.8 Å². The Morgan fingerprint density at radius 1 is 1.30 bits per heavy atom. The molecule has 2 N–H and O–H groups in total. The van der Waals surface area contributed by atoms with Crippen LogP contribution in [0.1, 0.15) is 33.5 Å².